The van der Waals surface area contributed by atoms with Crippen LogP contribution in [0.25, 0.3) is 0 Å². The largest absolute Gasteiger partial charge is 0.473 e. The maximum Gasteiger partial charge on any atom is 0.212 e. The number of ether oxygens (including phenoxy) is 1. The Balaban J connectivity index is 1.84. The van der Waals surface area contributed by atoms with Crippen LogP contribution >= 0.6 is 11.6 Å². The van der Waals surface area contributed by atoms with Crippen molar-refractivity contribution in [1.82, 2.24) is 4.81 Å². The monoisotopic (exact) mass is 366 g/mol. The number of hydrogen-bond donors (Lipinski definition) is 0. The van der Waals surface area contributed by atoms with Gasteiger partial charge in [0.05, 0.1) is 0 Å². The predicted octanol–water partition coefficient (Wildman–Crippen LogP) is 3.69. The molecule has 0 amide bonds. The van der Waals surface area contributed by atoms with Gasteiger partial charge in [-0.1, -0.05) is 29.8 Å². The zero-order chi connectivity index (χ0) is 18.2. The topological polar surface area (TPSA) is 24.8 Å². The first-order chi connectivity index (χ1) is 12.0. The average molecular weight is 367 g/mol. The molecule has 1 aliphatic rings. The molecule has 1 aliphatic heterocycles. The van der Waals surface area contributed by atoms with E-state index in [1.807, 2.05) is 18.9 Å². The molecule has 2 unspecified atom stereocenters. The van der Waals surface area contributed by atoms with Crippen molar-refractivity contribution in [1.29, 1.82) is 0 Å². The molecule has 0 aromatic heterocycles. The van der Waals surface area contributed by atoms with E-state index in [0.29, 0.717) is 23.6 Å². The van der Waals surface area contributed by atoms with Crippen LogP contribution in [0.1, 0.15) is 18.4 Å². The van der Waals surface area contributed by atoms with Gasteiger partial charge in [-0.05, 0) is 50.2 Å². The summed E-state index contributed by atoms with van der Waals surface area (Å²) in [5.41, 5.74) is 0.384. The highest BCUT2D eigenvalue weighted by Crippen LogP contribution is 2.23. The molecule has 0 radical (unpaired) electrons. The Morgan fingerprint density at radius 1 is 1.52 bits per heavy atom. The quantitative estimate of drug-likeness (QED) is 0.318. The fourth-order valence-corrected chi connectivity index (χ4v) is 2.87. The summed E-state index contributed by atoms with van der Waals surface area (Å²) in [6.07, 6.45) is 6.04. The van der Waals surface area contributed by atoms with Crippen molar-refractivity contribution in [3.8, 4) is 0 Å². The molecule has 1 saturated heterocycles. The lowest BCUT2D eigenvalue weighted by molar-refractivity contribution is 0.136. The van der Waals surface area contributed by atoms with Crippen molar-refractivity contribution in [3.63, 3.8) is 0 Å². The van der Waals surface area contributed by atoms with Gasteiger partial charge in [0.15, 0.2) is 7.98 Å². The fraction of sp³-hybridized carbons (Fsp3) is 0.389. The van der Waals surface area contributed by atoms with E-state index in [4.69, 9.17) is 16.3 Å². The highest BCUT2D eigenvalue weighted by molar-refractivity contribution is 6.30. The average Bonchev–Trinajstić information content (AvgIpc) is 2.57. The third-order valence-corrected chi connectivity index (χ3v) is 4.47. The third kappa shape index (κ3) is 6.29. The van der Waals surface area contributed by atoms with E-state index in [2.05, 4.69) is 11.7 Å². The molecule has 0 saturated carbocycles. The SMILES string of the molecule is BN1CCC(C/C=C\C=C(/N=C)OCc2ccc(Cl)cc2F)C(F)C1. The summed E-state index contributed by atoms with van der Waals surface area (Å²) in [5, 5.41) is 0.335. The summed E-state index contributed by atoms with van der Waals surface area (Å²) in [4.78, 5) is 5.78. The smallest absolute Gasteiger partial charge is 0.212 e. The fourth-order valence-electron chi connectivity index (χ4n) is 2.71. The van der Waals surface area contributed by atoms with E-state index < -0.39 is 12.0 Å². The van der Waals surface area contributed by atoms with Gasteiger partial charge in [0.2, 0.25) is 5.88 Å². The summed E-state index contributed by atoms with van der Waals surface area (Å²) in [7, 11) is 1.93. The summed E-state index contributed by atoms with van der Waals surface area (Å²) in [5.74, 6) is -0.0986. The van der Waals surface area contributed by atoms with E-state index in [1.165, 1.54) is 6.07 Å². The molecule has 1 aromatic carbocycles. The van der Waals surface area contributed by atoms with E-state index >= 15 is 0 Å². The van der Waals surface area contributed by atoms with Crippen LogP contribution in [0.5, 0.6) is 0 Å². The Hall–Kier alpha value is -1.66. The highest BCUT2D eigenvalue weighted by Gasteiger charge is 2.25. The van der Waals surface area contributed by atoms with Crippen molar-refractivity contribution in [3.05, 3.63) is 58.7 Å². The molecule has 0 aliphatic carbocycles. The van der Waals surface area contributed by atoms with Crippen LogP contribution in [-0.4, -0.2) is 38.8 Å². The van der Waals surface area contributed by atoms with E-state index in [0.717, 1.165) is 13.0 Å². The molecule has 1 fully saturated rings. The third-order valence-electron chi connectivity index (χ3n) is 4.24. The van der Waals surface area contributed by atoms with Crippen molar-refractivity contribution < 1.29 is 13.5 Å². The lowest BCUT2D eigenvalue weighted by atomic mass is 9.90. The minimum absolute atomic E-state index is 0.0310. The summed E-state index contributed by atoms with van der Waals surface area (Å²) in [6, 6.07) is 4.40. The first kappa shape index (κ1) is 19.7. The van der Waals surface area contributed by atoms with E-state index in [9.17, 15) is 8.78 Å². The van der Waals surface area contributed by atoms with Crippen molar-refractivity contribution in [2.45, 2.75) is 25.6 Å². The Kier molecular flexibility index (Phi) is 7.66. The lowest BCUT2D eigenvalue weighted by Gasteiger charge is -2.32. The number of benzene rings is 1. The zero-order valence-electron chi connectivity index (χ0n) is 14.3. The first-order valence-corrected chi connectivity index (χ1v) is 8.60. The molecule has 2 atom stereocenters. The molecule has 134 valence electrons. The van der Waals surface area contributed by atoms with Crippen LogP contribution in [0.4, 0.5) is 8.78 Å². The van der Waals surface area contributed by atoms with Gasteiger partial charge < -0.3 is 9.55 Å². The van der Waals surface area contributed by atoms with Crippen LogP contribution in [-0.2, 0) is 11.3 Å². The number of nitrogens with zero attached hydrogens (tertiary/aromatic N) is 2. The number of allylic oxidation sites excluding steroid dienone is 3. The molecular weight excluding hydrogens is 344 g/mol. The zero-order valence-corrected chi connectivity index (χ0v) is 15.1. The summed E-state index contributed by atoms with van der Waals surface area (Å²) < 4.78 is 33.1. The minimum atomic E-state index is -0.798. The van der Waals surface area contributed by atoms with Crippen molar-refractivity contribution in [2.75, 3.05) is 13.1 Å². The second-order valence-corrected chi connectivity index (χ2v) is 6.61. The van der Waals surface area contributed by atoms with Crippen LogP contribution in [0, 0.1) is 11.7 Å². The van der Waals surface area contributed by atoms with Crippen molar-refractivity contribution >= 4 is 26.3 Å². The first-order valence-electron chi connectivity index (χ1n) is 8.22. The van der Waals surface area contributed by atoms with Gasteiger partial charge in [-0.2, -0.15) is 0 Å². The van der Waals surface area contributed by atoms with Crippen molar-refractivity contribution in [2.24, 2.45) is 10.9 Å². The summed E-state index contributed by atoms with van der Waals surface area (Å²) in [6.45, 7) is 4.88. The van der Waals surface area contributed by atoms with Gasteiger partial charge in [0.1, 0.15) is 18.6 Å². The molecule has 0 N–H and O–H groups in total. The van der Waals surface area contributed by atoms with Crippen LogP contribution < -0.4 is 0 Å². The summed E-state index contributed by atoms with van der Waals surface area (Å²) >= 11 is 5.71. The maximum absolute atomic E-state index is 13.9. The molecular formula is C18H22BClF2N2O. The second-order valence-electron chi connectivity index (χ2n) is 6.18. The predicted molar refractivity (Wildman–Crippen MR) is 101 cm³/mol. The van der Waals surface area contributed by atoms with Gasteiger partial charge >= 0.3 is 0 Å². The van der Waals surface area contributed by atoms with Crippen LogP contribution in [0.15, 0.2) is 47.3 Å². The Bertz CT molecular complexity index is 654. The normalized spacial score (nSPS) is 22.3. The van der Waals surface area contributed by atoms with Gasteiger partial charge in [-0.25, -0.2) is 13.8 Å². The molecule has 3 nitrogen and oxygen atoms in total. The van der Waals surface area contributed by atoms with E-state index in [-0.39, 0.29) is 18.4 Å². The van der Waals surface area contributed by atoms with Crippen LogP contribution in [0.2, 0.25) is 5.02 Å². The highest BCUT2D eigenvalue weighted by atomic mass is 35.5. The number of rotatable bonds is 7. The van der Waals surface area contributed by atoms with Gasteiger partial charge in [0.25, 0.3) is 0 Å². The molecule has 0 spiro atoms. The van der Waals surface area contributed by atoms with Gasteiger partial charge in [-0.3, -0.25) is 0 Å². The molecule has 7 heteroatoms. The second kappa shape index (κ2) is 9.73. The van der Waals surface area contributed by atoms with Gasteiger partial charge in [-0.15, -0.1) is 0 Å². The molecule has 25 heavy (non-hydrogen) atoms. The molecule has 0 bridgehead atoms. The number of aliphatic imine (C=N–C) groups is 1. The van der Waals surface area contributed by atoms with Gasteiger partial charge in [0, 0.05) is 17.1 Å². The number of alkyl halides is 1. The lowest BCUT2D eigenvalue weighted by Crippen LogP contribution is -2.40. The number of hydrogen-bond acceptors (Lipinski definition) is 3. The Morgan fingerprint density at radius 2 is 2.32 bits per heavy atom. The molecule has 1 heterocycles. The number of halogens is 3. The van der Waals surface area contributed by atoms with Crippen LogP contribution in [0.3, 0.4) is 0 Å². The Morgan fingerprint density at radius 3 is 3.00 bits per heavy atom. The Labute approximate surface area is 153 Å². The standard InChI is InChI=1S/C18H22BClF2N2O/c1-23-18(25-12-14-6-7-15(20)10-16(14)21)5-3-2-4-13-8-9-24(19)11-17(13)22/h2-3,5-7,10,13,17H,1,4,8-9,11-12,19H2/b3-2-,18-5+. The number of piperidine rings is 1. The minimum Gasteiger partial charge on any atom is -0.473 e. The maximum atomic E-state index is 13.9. The van der Waals surface area contributed by atoms with E-state index in [1.54, 1.807) is 24.3 Å². The molecule has 2 rings (SSSR count). The molecule has 1 aromatic rings.